The lowest BCUT2D eigenvalue weighted by molar-refractivity contribution is -0.385. The van der Waals surface area contributed by atoms with E-state index in [9.17, 15) is 10.1 Å². The number of para-hydroxylation sites is 1. The van der Waals surface area contributed by atoms with Gasteiger partial charge in [0.2, 0.25) is 11.6 Å². The van der Waals surface area contributed by atoms with Crippen molar-refractivity contribution >= 4 is 5.69 Å². The second-order valence-corrected chi connectivity index (χ2v) is 4.41. The summed E-state index contributed by atoms with van der Waals surface area (Å²) in [6.07, 6.45) is 2.57. The van der Waals surface area contributed by atoms with Gasteiger partial charge in [0, 0.05) is 6.07 Å². The van der Waals surface area contributed by atoms with E-state index in [4.69, 9.17) is 9.15 Å². The molecule has 2 rings (SSSR count). The Balaban J connectivity index is 2.29. The second kappa shape index (κ2) is 6.85. The first-order valence-electron chi connectivity index (χ1n) is 6.64. The normalized spacial score (nSPS) is 10.6. The summed E-state index contributed by atoms with van der Waals surface area (Å²) < 4.78 is 10.8. The summed E-state index contributed by atoms with van der Waals surface area (Å²) in [4.78, 5) is 14.7. The summed E-state index contributed by atoms with van der Waals surface area (Å²) in [5, 5.41) is 14.2. The smallest absolute Gasteiger partial charge is 0.311 e. The number of nitrogens with zero attached hydrogens (tertiary/aromatic N) is 2. The molecule has 0 amide bonds. The summed E-state index contributed by atoms with van der Waals surface area (Å²) in [6.45, 7) is 3.46. The highest BCUT2D eigenvalue weighted by molar-refractivity contribution is 5.71. The SMILES string of the molecule is CCCNCc1ncc(-c2cccc([N+](=O)[O-])c2OC)o1. The van der Waals surface area contributed by atoms with Gasteiger partial charge in [-0.15, -0.1) is 0 Å². The molecule has 0 radical (unpaired) electrons. The van der Waals surface area contributed by atoms with E-state index in [-0.39, 0.29) is 11.4 Å². The Morgan fingerprint density at radius 1 is 1.48 bits per heavy atom. The summed E-state index contributed by atoms with van der Waals surface area (Å²) >= 11 is 0. The van der Waals surface area contributed by atoms with Gasteiger partial charge in [0.05, 0.1) is 30.3 Å². The van der Waals surface area contributed by atoms with Crippen molar-refractivity contribution in [2.75, 3.05) is 13.7 Å². The van der Waals surface area contributed by atoms with Crippen LogP contribution in [0.15, 0.2) is 28.8 Å². The quantitative estimate of drug-likeness (QED) is 0.479. The molecule has 0 aliphatic heterocycles. The van der Waals surface area contributed by atoms with Crippen molar-refractivity contribution in [1.82, 2.24) is 10.3 Å². The van der Waals surface area contributed by atoms with Gasteiger partial charge in [0.25, 0.3) is 0 Å². The van der Waals surface area contributed by atoms with Gasteiger partial charge < -0.3 is 14.5 Å². The Morgan fingerprint density at radius 2 is 2.29 bits per heavy atom. The van der Waals surface area contributed by atoms with Crippen LogP contribution in [-0.4, -0.2) is 23.6 Å². The Labute approximate surface area is 122 Å². The topological polar surface area (TPSA) is 90.4 Å². The van der Waals surface area contributed by atoms with Crippen LogP contribution >= 0.6 is 0 Å². The van der Waals surface area contributed by atoms with Crippen LogP contribution in [0.2, 0.25) is 0 Å². The number of benzene rings is 1. The highest BCUT2D eigenvalue weighted by Crippen LogP contribution is 2.37. The van der Waals surface area contributed by atoms with Crippen LogP contribution in [0.25, 0.3) is 11.3 Å². The number of aromatic nitrogens is 1. The van der Waals surface area contributed by atoms with Gasteiger partial charge in [-0.2, -0.15) is 0 Å². The molecule has 0 bridgehead atoms. The lowest BCUT2D eigenvalue weighted by atomic mass is 10.1. The standard InChI is InChI=1S/C14H17N3O4/c1-3-7-15-9-13-16-8-12(21-13)10-5-4-6-11(17(18)19)14(10)20-2/h4-6,8,15H,3,7,9H2,1-2H3. The van der Waals surface area contributed by atoms with Crippen molar-refractivity contribution in [1.29, 1.82) is 0 Å². The van der Waals surface area contributed by atoms with Crippen LogP contribution in [0.5, 0.6) is 5.75 Å². The van der Waals surface area contributed by atoms with Crippen molar-refractivity contribution in [3.05, 3.63) is 40.4 Å². The van der Waals surface area contributed by atoms with E-state index in [1.165, 1.54) is 13.2 Å². The molecule has 0 aliphatic rings. The molecule has 21 heavy (non-hydrogen) atoms. The van der Waals surface area contributed by atoms with E-state index in [1.54, 1.807) is 18.3 Å². The zero-order valence-electron chi connectivity index (χ0n) is 12.0. The van der Waals surface area contributed by atoms with Crippen molar-refractivity contribution in [3.8, 4) is 17.1 Å². The maximum Gasteiger partial charge on any atom is 0.311 e. The Bertz CT molecular complexity index is 624. The molecule has 112 valence electrons. The molecule has 0 fully saturated rings. The number of nitrogens with one attached hydrogen (secondary N) is 1. The summed E-state index contributed by atoms with van der Waals surface area (Å²) in [5.74, 6) is 1.16. The van der Waals surface area contributed by atoms with E-state index in [2.05, 4.69) is 17.2 Å². The first-order chi connectivity index (χ1) is 10.2. The monoisotopic (exact) mass is 291 g/mol. The van der Waals surface area contributed by atoms with Crippen LogP contribution in [0, 0.1) is 10.1 Å². The van der Waals surface area contributed by atoms with Crippen LogP contribution in [0.4, 0.5) is 5.69 Å². The fourth-order valence-corrected chi connectivity index (χ4v) is 1.97. The number of rotatable bonds is 7. The molecule has 1 aromatic carbocycles. The summed E-state index contributed by atoms with van der Waals surface area (Å²) in [7, 11) is 1.39. The van der Waals surface area contributed by atoms with Crippen molar-refractivity contribution in [2.45, 2.75) is 19.9 Å². The molecular weight excluding hydrogens is 274 g/mol. The van der Waals surface area contributed by atoms with Crippen LogP contribution in [0.1, 0.15) is 19.2 Å². The number of hydrogen-bond donors (Lipinski definition) is 1. The van der Waals surface area contributed by atoms with E-state index in [1.807, 2.05) is 0 Å². The molecule has 1 heterocycles. The largest absolute Gasteiger partial charge is 0.490 e. The molecule has 0 spiro atoms. The second-order valence-electron chi connectivity index (χ2n) is 4.41. The Hall–Kier alpha value is -2.41. The van der Waals surface area contributed by atoms with E-state index < -0.39 is 4.92 Å². The minimum Gasteiger partial charge on any atom is -0.490 e. The minimum atomic E-state index is -0.484. The third-order valence-corrected chi connectivity index (χ3v) is 2.92. The number of methoxy groups -OCH3 is 1. The molecule has 0 saturated carbocycles. The number of hydrogen-bond acceptors (Lipinski definition) is 6. The molecule has 7 nitrogen and oxygen atoms in total. The van der Waals surface area contributed by atoms with Gasteiger partial charge in [0.1, 0.15) is 0 Å². The minimum absolute atomic E-state index is 0.0999. The predicted molar refractivity (Wildman–Crippen MR) is 77.1 cm³/mol. The lowest BCUT2D eigenvalue weighted by Gasteiger charge is -2.06. The number of ether oxygens (including phenoxy) is 1. The van der Waals surface area contributed by atoms with E-state index in [0.717, 1.165) is 13.0 Å². The molecule has 1 N–H and O–H groups in total. The number of nitro benzene ring substituents is 1. The highest BCUT2D eigenvalue weighted by atomic mass is 16.6. The molecule has 2 aromatic rings. The van der Waals surface area contributed by atoms with Gasteiger partial charge >= 0.3 is 5.69 Å². The predicted octanol–water partition coefficient (Wildman–Crippen LogP) is 2.76. The summed E-state index contributed by atoms with van der Waals surface area (Å²) in [6, 6.07) is 4.69. The highest BCUT2D eigenvalue weighted by Gasteiger charge is 2.21. The van der Waals surface area contributed by atoms with Gasteiger partial charge in [-0.1, -0.05) is 13.0 Å². The molecule has 7 heteroatoms. The Kier molecular flexibility index (Phi) is 4.89. The first kappa shape index (κ1) is 15.0. The molecule has 1 aromatic heterocycles. The Morgan fingerprint density at radius 3 is 2.95 bits per heavy atom. The third-order valence-electron chi connectivity index (χ3n) is 2.92. The van der Waals surface area contributed by atoms with Gasteiger partial charge in [-0.3, -0.25) is 10.1 Å². The fourth-order valence-electron chi connectivity index (χ4n) is 1.97. The maximum absolute atomic E-state index is 11.0. The lowest BCUT2D eigenvalue weighted by Crippen LogP contribution is -2.13. The van der Waals surface area contributed by atoms with E-state index >= 15 is 0 Å². The third kappa shape index (κ3) is 3.38. The van der Waals surface area contributed by atoms with Crippen molar-refractivity contribution in [3.63, 3.8) is 0 Å². The molecular formula is C14H17N3O4. The van der Waals surface area contributed by atoms with Crippen molar-refractivity contribution < 1.29 is 14.1 Å². The van der Waals surface area contributed by atoms with Crippen LogP contribution in [0.3, 0.4) is 0 Å². The number of oxazole rings is 1. The summed E-state index contributed by atoms with van der Waals surface area (Å²) in [5.41, 5.74) is 0.415. The van der Waals surface area contributed by atoms with Gasteiger partial charge in [-0.05, 0) is 19.0 Å². The van der Waals surface area contributed by atoms with Gasteiger partial charge in [0.15, 0.2) is 5.76 Å². The first-order valence-corrected chi connectivity index (χ1v) is 6.64. The number of nitro groups is 1. The average molecular weight is 291 g/mol. The molecule has 0 unspecified atom stereocenters. The molecule has 0 aliphatic carbocycles. The fraction of sp³-hybridized carbons (Fsp3) is 0.357. The zero-order valence-corrected chi connectivity index (χ0v) is 12.0. The molecule has 0 atom stereocenters. The molecule has 0 saturated heterocycles. The van der Waals surface area contributed by atoms with Crippen molar-refractivity contribution in [2.24, 2.45) is 0 Å². The zero-order chi connectivity index (χ0) is 15.2. The van der Waals surface area contributed by atoms with Gasteiger partial charge in [-0.25, -0.2) is 4.98 Å². The van der Waals surface area contributed by atoms with Crippen LogP contribution in [-0.2, 0) is 6.54 Å². The van der Waals surface area contributed by atoms with Crippen LogP contribution < -0.4 is 10.1 Å². The van der Waals surface area contributed by atoms with E-state index in [0.29, 0.717) is 23.8 Å². The maximum atomic E-state index is 11.0. The average Bonchev–Trinajstić information content (AvgIpc) is 2.95.